The van der Waals surface area contributed by atoms with Crippen LogP contribution in [0.15, 0.2) is 244 Å². The van der Waals surface area contributed by atoms with Gasteiger partial charge >= 0.3 is 7.12 Å². The van der Waals surface area contributed by atoms with Crippen LogP contribution in [0.5, 0.6) is 0 Å². The van der Waals surface area contributed by atoms with Crippen molar-refractivity contribution in [3.8, 4) is 33.4 Å². The Hall–Kier alpha value is -6.38. The highest BCUT2D eigenvalue weighted by molar-refractivity contribution is 9.11. The summed E-state index contributed by atoms with van der Waals surface area (Å²) in [4.78, 5) is 0. The molecule has 0 saturated carbocycles. The lowest BCUT2D eigenvalue weighted by atomic mass is 9.72. The van der Waals surface area contributed by atoms with E-state index in [4.69, 9.17) is 13.7 Å². The van der Waals surface area contributed by atoms with Crippen LogP contribution < -0.4 is 5.46 Å². The number of fused-ring (bicyclic) bond motifs is 6. The average Bonchev–Trinajstić information content (AvgIpc) is 3.46. The second-order valence-corrected chi connectivity index (χ2v) is 17.9. The molecule has 0 aromatic heterocycles. The zero-order valence-electron chi connectivity index (χ0n) is 44.8. The molecule has 12 aromatic carbocycles. The number of benzene rings is 12. The van der Waals surface area contributed by atoms with Crippen molar-refractivity contribution in [1.29, 1.82) is 0 Å². The second-order valence-electron chi connectivity index (χ2n) is 15.3. The van der Waals surface area contributed by atoms with Gasteiger partial charge in [0.2, 0.25) is 0 Å². The highest BCUT2D eigenvalue weighted by Gasteiger charge is 2.22. The predicted molar refractivity (Wildman–Crippen MR) is 294 cm³/mol. The third-order valence-electron chi connectivity index (χ3n) is 11.6. The molecular weight excluding hydrogens is 1000 g/mol. The predicted octanol–water partition coefficient (Wildman–Crippen LogP) is 16.9. The smallest absolute Gasteiger partial charge is 0.423 e. The third kappa shape index (κ3) is 8.25. The molecule has 0 heterocycles. The zero-order chi connectivity index (χ0) is 53.9. The topological polar surface area (TPSA) is 40.5 Å². The fourth-order valence-corrected chi connectivity index (χ4v) is 10.3. The number of halogens is 3. The van der Waals surface area contributed by atoms with Gasteiger partial charge in [0.25, 0.3) is 0 Å². The van der Waals surface area contributed by atoms with Gasteiger partial charge in [0.15, 0.2) is 0 Å². The molecule has 0 bridgehead atoms. The van der Waals surface area contributed by atoms with E-state index in [9.17, 15) is 10.0 Å². The first kappa shape index (κ1) is 33.1. The molecule has 12 aromatic rings. The summed E-state index contributed by atoms with van der Waals surface area (Å²) in [5.74, 6) is 0. The Kier molecular flexibility index (Phi) is 9.66. The molecule has 6 heteroatoms. The first-order chi connectivity index (χ1) is 36.5. The Morgan fingerprint density at radius 2 is 0.576 bits per heavy atom. The number of rotatable bonds is 4. The van der Waals surface area contributed by atoms with Crippen LogP contribution in [-0.4, -0.2) is 17.2 Å². The first-order valence-electron chi connectivity index (χ1n) is 25.9. The molecule has 0 fully saturated rings. The van der Waals surface area contributed by atoms with Crippen LogP contribution in [0.4, 0.5) is 0 Å². The molecule has 2 N–H and O–H groups in total. The van der Waals surface area contributed by atoms with E-state index in [0.717, 1.165) is 56.9 Å². The minimum atomic E-state index is -1.72. The lowest BCUT2D eigenvalue weighted by Crippen LogP contribution is -2.31. The van der Waals surface area contributed by atoms with Crippen molar-refractivity contribution in [2.75, 3.05) is 0 Å². The van der Waals surface area contributed by atoms with Crippen LogP contribution in [0.3, 0.4) is 0 Å². The Balaban J connectivity index is 0.000000145. The molecule has 0 atom stereocenters. The van der Waals surface area contributed by atoms with Gasteiger partial charge in [-0.15, -0.1) is 0 Å². The minimum absolute atomic E-state index is 0.0948. The maximum Gasteiger partial charge on any atom is 0.489 e. The van der Waals surface area contributed by atoms with Crippen LogP contribution in [0.1, 0.15) is 13.7 Å². The van der Waals surface area contributed by atoms with E-state index in [0.29, 0.717) is 38.1 Å². The standard InChI is InChI=1S/C30H19Br.C20H15BO2.C10H6Br2/c31-28-19-18-27(21-12-4-5-13-22(21)28)30-25-16-8-6-14-23(25)29(20-10-2-1-3-11-20)24-15-7-9-17-26(24)30;22-21(23)20-17-12-6-4-10-15(17)19(14-8-2-1-3-9-14)16-11-5-7-13-18(16)20;11-9-5-6-10(12)8-4-2-1-3-7(8)9/h1-19H;1-13,22-23H;1-6H/i1D,2D,3D,10D,11D;1D,2D,3D,8D,9D;. The molecule has 12 rings (SSSR count). The van der Waals surface area contributed by atoms with Crippen LogP contribution in [0.25, 0.3) is 98.0 Å². The van der Waals surface area contributed by atoms with E-state index in [1.807, 2.05) is 84.9 Å². The number of hydrogen-bond donors (Lipinski definition) is 2. The quantitative estimate of drug-likeness (QED) is 0.136. The summed E-state index contributed by atoms with van der Waals surface area (Å²) in [7, 11) is -1.72. The maximum absolute atomic E-state index is 10.0. The van der Waals surface area contributed by atoms with Gasteiger partial charge in [-0.2, -0.15) is 0 Å². The van der Waals surface area contributed by atoms with E-state index in [2.05, 4.69) is 84.2 Å². The molecule has 0 saturated heterocycles. The van der Waals surface area contributed by atoms with E-state index in [1.54, 1.807) is 48.5 Å². The van der Waals surface area contributed by atoms with Crippen LogP contribution >= 0.6 is 47.8 Å². The van der Waals surface area contributed by atoms with Crippen molar-refractivity contribution >= 4 is 125 Å². The molecule has 66 heavy (non-hydrogen) atoms. The molecule has 0 unspecified atom stereocenters. The van der Waals surface area contributed by atoms with Gasteiger partial charge in [-0.3, -0.25) is 0 Å². The van der Waals surface area contributed by atoms with Gasteiger partial charge < -0.3 is 10.0 Å². The third-order valence-corrected chi connectivity index (χ3v) is 13.7. The molecule has 0 aliphatic rings. The molecule has 0 aliphatic heterocycles. The molecule has 2 nitrogen and oxygen atoms in total. The van der Waals surface area contributed by atoms with Crippen molar-refractivity contribution in [1.82, 2.24) is 0 Å². The molecule has 0 amide bonds. The van der Waals surface area contributed by atoms with Crippen molar-refractivity contribution in [2.24, 2.45) is 0 Å². The highest BCUT2D eigenvalue weighted by atomic mass is 79.9. The monoisotopic (exact) mass is 1050 g/mol. The van der Waals surface area contributed by atoms with Gasteiger partial charge in [-0.25, -0.2) is 0 Å². The summed E-state index contributed by atoms with van der Waals surface area (Å²) >= 11 is 10.7. The fourth-order valence-electron chi connectivity index (χ4n) is 8.85. The van der Waals surface area contributed by atoms with Crippen LogP contribution in [0.2, 0.25) is 0 Å². The Morgan fingerprint density at radius 3 is 0.939 bits per heavy atom. The summed E-state index contributed by atoms with van der Waals surface area (Å²) in [5, 5.41) is 30.6. The summed E-state index contributed by atoms with van der Waals surface area (Å²) in [5.41, 5.74) is 3.91. The van der Waals surface area contributed by atoms with Crippen LogP contribution in [0, 0.1) is 0 Å². The lowest BCUT2D eigenvalue weighted by Gasteiger charge is -2.19. The first-order valence-corrected chi connectivity index (χ1v) is 23.3. The van der Waals surface area contributed by atoms with Crippen molar-refractivity contribution in [3.05, 3.63) is 244 Å². The lowest BCUT2D eigenvalue weighted by molar-refractivity contribution is 0.426. The Morgan fingerprint density at radius 1 is 0.303 bits per heavy atom. The van der Waals surface area contributed by atoms with E-state index < -0.39 is 25.2 Å². The van der Waals surface area contributed by atoms with Crippen molar-refractivity contribution < 1.29 is 23.8 Å². The van der Waals surface area contributed by atoms with Gasteiger partial charge in [0.1, 0.15) is 0 Å². The van der Waals surface area contributed by atoms with E-state index in [-0.39, 0.29) is 53.4 Å². The van der Waals surface area contributed by atoms with E-state index >= 15 is 0 Å². The minimum Gasteiger partial charge on any atom is -0.423 e. The molecule has 0 aliphatic carbocycles. The molecular formula is C60H40BBr3O2. The Labute approximate surface area is 423 Å². The van der Waals surface area contributed by atoms with Gasteiger partial charge in [0, 0.05) is 13.4 Å². The SMILES string of the molecule is Brc1ccc(Br)c2ccccc12.[2H]c1c([2H])c([2H])c(-c2c3ccccc3c(-c3ccc(Br)c4ccccc34)c3ccccc23)c([2H])c1[2H].[2H]c1c([2H])c([2H])c(-c2c3ccccc3c(B(O)O)c3ccccc23)c([2H])c1[2H]. The molecule has 0 radical (unpaired) electrons. The van der Waals surface area contributed by atoms with E-state index in [1.165, 1.54) is 10.8 Å². The van der Waals surface area contributed by atoms with Crippen molar-refractivity contribution in [3.63, 3.8) is 0 Å². The molecule has 316 valence electrons. The summed E-state index contributed by atoms with van der Waals surface area (Å²) in [6, 6.07) is 51.4. The molecule has 0 spiro atoms. The van der Waals surface area contributed by atoms with Gasteiger partial charge in [0.05, 0.1) is 13.7 Å². The number of hydrogen-bond acceptors (Lipinski definition) is 2. The maximum atomic E-state index is 10.0. The second kappa shape index (κ2) is 19.2. The highest BCUT2D eigenvalue weighted by Crippen LogP contribution is 2.46. The normalized spacial score (nSPS) is 13.2. The van der Waals surface area contributed by atoms with Crippen molar-refractivity contribution in [2.45, 2.75) is 0 Å². The summed E-state index contributed by atoms with van der Waals surface area (Å²) < 4.78 is 86.0. The largest absolute Gasteiger partial charge is 0.489 e. The summed E-state index contributed by atoms with van der Waals surface area (Å²) in [6.45, 7) is 0. The average molecular weight is 1050 g/mol. The van der Waals surface area contributed by atoms with Gasteiger partial charge in [-0.1, -0.05) is 260 Å². The zero-order valence-corrected chi connectivity index (χ0v) is 39.5. The Bertz CT molecular complexity index is 4130. The van der Waals surface area contributed by atoms with Gasteiger partial charge in [-0.05, 0) is 122 Å². The fraction of sp³-hybridized carbons (Fsp3) is 0. The summed E-state index contributed by atoms with van der Waals surface area (Å²) in [6.07, 6.45) is 0. The van der Waals surface area contributed by atoms with Crippen LogP contribution in [-0.2, 0) is 0 Å².